The lowest BCUT2D eigenvalue weighted by Crippen LogP contribution is -2.16. The van der Waals surface area contributed by atoms with E-state index in [1.165, 1.54) is 0 Å². The fourth-order valence-corrected chi connectivity index (χ4v) is 0.874. The van der Waals surface area contributed by atoms with Crippen LogP contribution in [0.2, 0.25) is 0 Å². The van der Waals surface area contributed by atoms with E-state index in [-0.39, 0.29) is 11.8 Å². The van der Waals surface area contributed by atoms with E-state index in [1.54, 1.807) is 0 Å². The SMILES string of the molecule is ON(O)CCc1ccccc1. The summed E-state index contributed by atoms with van der Waals surface area (Å²) in [4.78, 5) is 0. The van der Waals surface area contributed by atoms with Crippen LogP contribution in [0, 0.1) is 0 Å². The van der Waals surface area contributed by atoms with E-state index in [0.29, 0.717) is 6.42 Å². The molecule has 0 aromatic heterocycles. The lowest BCUT2D eigenvalue weighted by Gasteiger charge is -2.04. The van der Waals surface area contributed by atoms with Gasteiger partial charge in [0, 0.05) is 0 Å². The average molecular weight is 153 g/mol. The van der Waals surface area contributed by atoms with Gasteiger partial charge in [0.15, 0.2) is 0 Å². The van der Waals surface area contributed by atoms with Crippen molar-refractivity contribution in [1.29, 1.82) is 0 Å². The molecule has 11 heavy (non-hydrogen) atoms. The molecule has 1 aromatic carbocycles. The number of nitrogens with zero attached hydrogens (tertiary/aromatic N) is 1. The van der Waals surface area contributed by atoms with E-state index >= 15 is 0 Å². The van der Waals surface area contributed by atoms with Crippen molar-refractivity contribution in [3.8, 4) is 0 Å². The van der Waals surface area contributed by atoms with Gasteiger partial charge in [-0.2, -0.15) is 0 Å². The van der Waals surface area contributed by atoms with Crippen molar-refractivity contribution >= 4 is 0 Å². The van der Waals surface area contributed by atoms with Crippen LogP contribution in [0.4, 0.5) is 0 Å². The summed E-state index contributed by atoms with van der Waals surface area (Å²) in [5.41, 5.74) is 1.10. The molecular formula is C8H11NO2. The molecule has 3 nitrogen and oxygen atoms in total. The molecule has 1 rings (SSSR count). The summed E-state index contributed by atoms with van der Waals surface area (Å²) in [6, 6.07) is 9.68. The van der Waals surface area contributed by atoms with Crippen LogP contribution >= 0.6 is 0 Å². The average Bonchev–Trinajstić information content (AvgIpc) is 2.03. The Bertz CT molecular complexity index is 199. The lowest BCUT2D eigenvalue weighted by molar-refractivity contribution is -0.305. The Kier molecular flexibility index (Phi) is 3.04. The van der Waals surface area contributed by atoms with Gasteiger partial charge in [0.25, 0.3) is 0 Å². The summed E-state index contributed by atoms with van der Waals surface area (Å²) in [7, 11) is 0. The van der Waals surface area contributed by atoms with Crippen LogP contribution in [0.3, 0.4) is 0 Å². The van der Waals surface area contributed by atoms with E-state index in [1.807, 2.05) is 30.3 Å². The molecule has 0 heterocycles. The molecule has 0 aliphatic rings. The van der Waals surface area contributed by atoms with Crippen LogP contribution in [0.25, 0.3) is 0 Å². The summed E-state index contributed by atoms with van der Waals surface area (Å²) >= 11 is 0. The van der Waals surface area contributed by atoms with E-state index in [0.717, 1.165) is 5.56 Å². The van der Waals surface area contributed by atoms with Crippen LogP contribution in [0.1, 0.15) is 5.56 Å². The highest BCUT2D eigenvalue weighted by Crippen LogP contribution is 1.98. The first-order valence-corrected chi connectivity index (χ1v) is 3.48. The minimum absolute atomic E-state index is 0.201. The Morgan fingerprint density at radius 3 is 2.27 bits per heavy atom. The van der Waals surface area contributed by atoms with Gasteiger partial charge in [-0.25, -0.2) is 0 Å². The molecule has 0 aliphatic carbocycles. The lowest BCUT2D eigenvalue weighted by atomic mass is 10.2. The molecule has 0 spiro atoms. The van der Waals surface area contributed by atoms with Gasteiger partial charge in [-0.05, 0) is 12.0 Å². The minimum Gasteiger partial charge on any atom is -0.290 e. The summed E-state index contributed by atoms with van der Waals surface area (Å²) < 4.78 is 0. The van der Waals surface area contributed by atoms with Crippen molar-refractivity contribution < 1.29 is 10.4 Å². The second-order valence-electron chi connectivity index (χ2n) is 2.33. The number of rotatable bonds is 3. The third kappa shape index (κ3) is 3.13. The van der Waals surface area contributed by atoms with E-state index < -0.39 is 0 Å². The third-order valence-electron chi connectivity index (χ3n) is 1.44. The van der Waals surface area contributed by atoms with Crippen LogP contribution in [0.15, 0.2) is 30.3 Å². The predicted octanol–water partition coefficient (Wildman–Crippen LogP) is 1.31. The number of hydroxylamine groups is 2. The van der Waals surface area contributed by atoms with Gasteiger partial charge in [-0.3, -0.25) is 10.4 Å². The highest BCUT2D eigenvalue weighted by molar-refractivity contribution is 5.14. The third-order valence-corrected chi connectivity index (χ3v) is 1.44. The van der Waals surface area contributed by atoms with Crippen LogP contribution in [-0.4, -0.2) is 22.2 Å². The summed E-state index contributed by atoms with van der Waals surface area (Å²) in [6.07, 6.45) is 0.647. The topological polar surface area (TPSA) is 43.7 Å². The van der Waals surface area contributed by atoms with Gasteiger partial charge in [0.1, 0.15) is 0 Å². The Labute approximate surface area is 65.4 Å². The molecule has 0 aliphatic heterocycles. The normalized spacial score (nSPS) is 10.5. The molecule has 2 N–H and O–H groups in total. The zero-order valence-electron chi connectivity index (χ0n) is 6.14. The Morgan fingerprint density at radius 1 is 1.09 bits per heavy atom. The predicted molar refractivity (Wildman–Crippen MR) is 40.4 cm³/mol. The molecule has 0 saturated heterocycles. The quantitative estimate of drug-likeness (QED) is 0.643. The smallest absolute Gasteiger partial charge is 0.0553 e. The zero-order valence-corrected chi connectivity index (χ0v) is 6.14. The van der Waals surface area contributed by atoms with Gasteiger partial charge in [0.2, 0.25) is 0 Å². The molecule has 0 saturated carbocycles. The molecule has 3 heteroatoms. The van der Waals surface area contributed by atoms with Crippen molar-refractivity contribution in [1.82, 2.24) is 5.23 Å². The van der Waals surface area contributed by atoms with Gasteiger partial charge in [-0.15, -0.1) is 0 Å². The molecule has 1 aromatic rings. The van der Waals surface area contributed by atoms with E-state index in [4.69, 9.17) is 10.4 Å². The molecule has 0 atom stereocenters. The molecule has 0 fully saturated rings. The van der Waals surface area contributed by atoms with Gasteiger partial charge in [0.05, 0.1) is 6.54 Å². The molecule has 0 unspecified atom stereocenters. The largest absolute Gasteiger partial charge is 0.290 e. The van der Waals surface area contributed by atoms with Gasteiger partial charge in [-0.1, -0.05) is 35.6 Å². The Hall–Kier alpha value is -0.900. The van der Waals surface area contributed by atoms with E-state index in [2.05, 4.69) is 0 Å². The first-order chi connectivity index (χ1) is 5.29. The van der Waals surface area contributed by atoms with Gasteiger partial charge >= 0.3 is 0 Å². The van der Waals surface area contributed by atoms with Crippen LogP contribution < -0.4 is 0 Å². The van der Waals surface area contributed by atoms with Crippen molar-refractivity contribution in [2.24, 2.45) is 0 Å². The van der Waals surface area contributed by atoms with Crippen molar-refractivity contribution in [2.75, 3.05) is 6.54 Å². The maximum Gasteiger partial charge on any atom is 0.0553 e. The fraction of sp³-hybridized carbons (Fsp3) is 0.250. The monoisotopic (exact) mass is 153 g/mol. The maximum absolute atomic E-state index is 8.40. The summed E-state index contributed by atoms with van der Waals surface area (Å²) in [6.45, 7) is 0.240. The summed E-state index contributed by atoms with van der Waals surface area (Å²) in [5, 5.41) is 17.0. The standard InChI is InChI=1S/C8H11NO2/c10-9(11)7-6-8-4-2-1-3-5-8/h1-5,10-11H,6-7H2. The highest BCUT2D eigenvalue weighted by atomic mass is 16.8. The van der Waals surface area contributed by atoms with Crippen LogP contribution in [0.5, 0.6) is 0 Å². The maximum atomic E-state index is 8.40. The Balaban J connectivity index is 2.39. The molecule has 0 amide bonds. The van der Waals surface area contributed by atoms with Crippen molar-refractivity contribution in [2.45, 2.75) is 6.42 Å². The number of benzene rings is 1. The fourth-order valence-electron chi connectivity index (χ4n) is 0.874. The summed E-state index contributed by atoms with van der Waals surface area (Å²) in [5.74, 6) is 0. The molecule has 0 bridgehead atoms. The Morgan fingerprint density at radius 2 is 1.73 bits per heavy atom. The second kappa shape index (κ2) is 4.08. The van der Waals surface area contributed by atoms with E-state index in [9.17, 15) is 0 Å². The first-order valence-electron chi connectivity index (χ1n) is 3.48. The molecule has 0 radical (unpaired) electrons. The van der Waals surface area contributed by atoms with Gasteiger partial charge < -0.3 is 0 Å². The molecule has 60 valence electrons. The highest BCUT2D eigenvalue weighted by Gasteiger charge is 1.94. The van der Waals surface area contributed by atoms with Crippen molar-refractivity contribution in [3.63, 3.8) is 0 Å². The number of hydrogen-bond acceptors (Lipinski definition) is 3. The first kappa shape index (κ1) is 8.20. The second-order valence-corrected chi connectivity index (χ2v) is 2.33. The van der Waals surface area contributed by atoms with Crippen molar-refractivity contribution in [3.05, 3.63) is 35.9 Å². The minimum atomic E-state index is 0.201. The molecular weight excluding hydrogens is 142 g/mol. The zero-order chi connectivity index (χ0) is 8.10. The van der Waals surface area contributed by atoms with Crippen LogP contribution in [-0.2, 0) is 6.42 Å². The number of hydrogen-bond donors (Lipinski definition) is 2.